The number of hydrogen-bond donors (Lipinski definition) is 0. The van der Waals surface area contributed by atoms with Crippen LogP contribution in [0.25, 0.3) is 6.08 Å². The molecule has 0 saturated heterocycles. The maximum absolute atomic E-state index is 12.8. The largest absolute Gasteiger partial charge is 0.476 e. The smallest absolute Gasteiger partial charge is 0.268 e. The molecule has 6 heteroatoms. The number of nitrogens with zero attached hydrogens (tertiary/aromatic N) is 1. The number of benzene rings is 1. The summed E-state index contributed by atoms with van der Waals surface area (Å²) in [5.41, 5.74) is 0.977. The maximum atomic E-state index is 12.8. The van der Waals surface area contributed by atoms with Crippen molar-refractivity contribution in [1.29, 1.82) is 0 Å². The topological polar surface area (TPSA) is 48.3 Å². The average Bonchev–Trinajstić information content (AvgIpc) is 2.78. The summed E-state index contributed by atoms with van der Waals surface area (Å²) in [7, 11) is -3.68. The molecule has 1 aliphatic rings. The minimum absolute atomic E-state index is 0.222. The molecule has 1 unspecified atom stereocenters. The summed E-state index contributed by atoms with van der Waals surface area (Å²) >= 11 is 6.10. The molecule has 4 nitrogen and oxygen atoms in total. The predicted molar refractivity (Wildman–Crippen MR) is 76.9 cm³/mol. The zero-order valence-electron chi connectivity index (χ0n) is 10.7. The van der Waals surface area contributed by atoms with Crippen LogP contribution >= 0.6 is 11.6 Å². The number of rotatable bonds is 2. The van der Waals surface area contributed by atoms with E-state index >= 15 is 0 Å². The summed E-state index contributed by atoms with van der Waals surface area (Å²) < 4.78 is 32.0. The molecule has 1 aliphatic heterocycles. The van der Waals surface area contributed by atoms with E-state index in [1.165, 1.54) is 10.2 Å². The fourth-order valence-corrected chi connectivity index (χ4v) is 4.23. The molecule has 1 aromatic heterocycles. The molecule has 0 spiro atoms. The van der Waals surface area contributed by atoms with E-state index in [0.717, 1.165) is 5.56 Å². The molecular formula is C14H12ClNO3S. The van der Waals surface area contributed by atoms with Crippen LogP contribution in [0.3, 0.4) is 0 Å². The van der Waals surface area contributed by atoms with Gasteiger partial charge in [0.2, 0.25) is 5.56 Å². The van der Waals surface area contributed by atoms with Crippen molar-refractivity contribution in [1.82, 2.24) is 3.97 Å². The molecule has 1 atom stereocenters. The highest BCUT2D eigenvalue weighted by Gasteiger charge is 2.29. The summed E-state index contributed by atoms with van der Waals surface area (Å²) in [6.07, 6.45) is 3.18. The lowest BCUT2D eigenvalue weighted by Gasteiger charge is -2.19. The molecule has 104 valence electrons. The Morgan fingerprint density at radius 3 is 2.65 bits per heavy atom. The van der Waals surface area contributed by atoms with E-state index in [0.29, 0.717) is 11.4 Å². The molecule has 0 radical (unpaired) electrons. The van der Waals surface area contributed by atoms with Crippen molar-refractivity contribution < 1.29 is 13.2 Å². The van der Waals surface area contributed by atoms with Crippen molar-refractivity contribution in [2.45, 2.75) is 17.4 Å². The first-order chi connectivity index (χ1) is 9.51. The lowest BCUT2D eigenvalue weighted by Crippen LogP contribution is -2.19. The summed E-state index contributed by atoms with van der Waals surface area (Å²) in [5, 5.41) is 0. The Hall–Kier alpha value is -1.72. The number of aryl methyl sites for hydroxylation is 1. The number of halogens is 1. The second kappa shape index (κ2) is 4.68. The zero-order chi connectivity index (χ0) is 14.3. The van der Waals surface area contributed by atoms with Gasteiger partial charge in [0.25, 0.3) is 10.0 Å². The van der Waals surface area contributed by atoms with E-state index in [-0.39, 0.29) is 4.90 Å². The lowest BCUT2D eigenvalue weighted by atomic mass is 10.2. The van der Waals surface area contributed by atoms with Crippen molar-refractivity contribution in [3.63, 3.8) is 0 Å². The first kappa shape index (κ1) is 13.3. The van der Waals surface area contributed by atoms with Crippen LogP contribution in [0.4, 0.5) is 0 Å². The second-order valence-corrected chi connectivity index (χ2v) is 6.65. The SMILES string of the molecule is Cc1cc2c(n1S(=O)(=O)c1ccccc1)C(Cl)OC=C2. The molecule has 3 rings (SSSR count). The average molecular weight is 310 g/mol. The van der Waals surface area contributed by atoms with Gasteiger partial charge in [-0.05, 0) is 31.2 Å². The Kier molecular flexibility index (Phi) is 3.11. The molecule has 0 N–H and O–H groups in total. The Labute approximate surface area is 122 Å². The first-order valence-electron chi connectivity index (χ1n) is 6.01. The van der Waals surface area contributed by atoms with Gasteiger partial charge in [-0.15, -0.1) is 0 Å². The molecule has 1 aromatic carbocycles. The van der Waals surface area contributed by atoms with Crippen molar-refractivity contribution in [3.05, 3.63) is 59.6 Å². The fraction of sp³-hybridized carbons (Fsp3) is 0.143. The Morgan fingerprint density at radius 1 is 1.25 bits per heavy atom. The van der Waals surface area contributed by atoms with Crippen LogP contribution in [0.15, 0.2) is 47.6 Å². The van der Waals surface area contributed by atoms with Gasteiger partial charge in [0.15, 0.2) is 0 Å². The monoisotopic (exact) mass is 309 g/mol. The highest BCUT2D eigenvalue weighted by molar-refractivity contribution is 7.90. The fourth-order valence-electron chi connectivity index (χ4n) is 2.28. The normalized spacial score (nSPS) is 17.6. The Balaban J connectivity index is 2.26. The van der Waals surface area contributed by atoms with Crippen molar-refractivity contribution in [2.24, 2.45) is 0 Å². The van der Waals surface area contributed by atoms with E-state index in [2.05, 4.69) is 0 Å². The van der Waals surface area contributed by atoms with Crippen LogP contribution in [-0.2, 0) is 14.8 Å². The van der Waals surface area contributed by atoms with Gasteiger partial charge >= 0.3 is 0 Å². The number of fused-ring (bicyclic) bond motifs is 1. The summed E-state index contributed by atoms with van der Waals surface area (Å²) in [6.45, 7) is 1.73. The standard InChI is InChI=1S/C14H12ClNO3S/c1-10-9-11-7-8-19-14(15)13(11)16(10)20(17,18)12-5-3-2-4-6-12/h2-9,14H,1H3. The zero-order valence-corrected chi connectivity index (χ0v) is 12.2. The van der Waals surface area contributed by atoms with Gasteiger partial charge in [-0.3, -0.25) is 0 Å². The Bertz CT molecular complexity index is 778. The van der Waals surface area contributed by atoms with Gasteiger partial charge in [-0.25, -0.2) is 12.4 Å². The third kappa shape index (κ3) is 1.94. The summed E-state index contributed by atoms with van der Waals surface area (Å²) in [4.78, 5) is 0.222. The third-order valence-electron chi connectivity index (χ3n) is 3.14. The van der Waals surface area contributed by atoms with E-state index < -0.39 is 15.6 Å². The van der Waals surface area contributed by atoms with Crippen LogP contribution in [-0.4, -0.2) is 12.4 Å². The van der Waals surface area contributed by atoms with Gasteiger partial charge in [0, 0.05) is 11.3 Å². The Morgan fingerprint density at radius 2 is 1.95 bits per heavy atom. The number of hydrogen-bond acceptors (Lipinski definition) is 3. The second-order valence-electron chi connectivity index (χ2n) is 4.46. The highest BCUT2D eigenvalue weighted by atomic mass is 35.5. The van der Waals surface area contributed by atoms with Gasteiger partial charge in [-0.1, -0.05) is 29.8 Å². The van der Waals surface area contributed by atoms with Crippen molar-refractivity contribution in [3.8, 4) is 0 Å². The molecule has 20 heavy (non-hydrogen) atoms. The minimum atomic E-state index is -3.68. The molecule has 2 aromatic rings. The first-order valence-corrected chi connectivity index (χ1v) is 7.88. The van der Waals surface area contributed by atoms with E-state index in [9.17, 15) is 8.42 Å². The van der Waals surface area contributed by atoms with Gasteiger partial charge in [0.1, 0.15) is 0 Å². The van der Waals surface area contributed by atoms with Crippen LogP contribution in [0, 0.1) is 6.92 Å². The maximum Gasteiger partial charge on any atom is 0.268 e. The van der Waals surface area contributed by atoms with Crippen LogP contribution < -0.4 is 0 Å². The minimum Gasteiger partial charge on any atom is -0.476 e. The van der Waals surface area contributed by atoms with Crippen LogP contribution in [0.2, 0.25) is 0 Å². The van der Waals surface area contributed by atoms with Crippen molar-refractivity contribution >= 4 is 27.7 Å². The quantitative estimate of drug-likeness (QED) is 0.800. The number of ether oxygens (including phenoxy) is 1. The molecule has 0 aliphatic carbocycles. The predicted octanol–water partition coefficient (Wildman–Crippen LogP) is 3.27. The van der Waals surface area contributed by atoms with Gasteiger partial charge < -0.3 is 4.74 Å². The summed E-state index contributed by atoms with van der Waals surface area (Å²) in [5.74, 6) is 0. The molecular weight excluding hydrogens is 298 g/mol. The van der Waals surface area contributed by atoms with Gasteiger partial charge in [-0.2, -0.15) is 0 Å². The highest BCUT2D eigenvalue weighted by Crippen LogP contribution is 2.35. The summed E-state index contributed by atoms with van der Waals surface area (Å²) in [6, 6.07) is 10.0. The van der Waals surface area contributed by atoms with Crippen LogP contribution in [0.1, 0.15) is 22.5 Å². The number of alkyl halides is 1. The van der Waals surface area contributed by atoms with Crippen LogP contribution in [0.5, 0.6) is 0 Å². The van der Waals surface area contributed by atoms with E-state index in [4.69, 9.17) is 16.3 Å². The molecule has 2 heterocycles. The molecule has 0 bridgehead atoms. The molecule has 0 saturated carbocycles. The molecule has 0 fully saturated rings. The van der Waals surface area contributed by atoms with E-state index in [1.54, 1.807) is 49.4 Å². The van der Waals surface area contributed by atoms with E-state index in [1.807, 2.05) is 0 Å². The molecule has 0 amide bonds. The lowest BCUT2D eigenvalue weighted by molar-refractivity contribution is 0.212. The third-order valence-corrected chi connectivity index (χ3v) is 5.28. The van der Waals surface area contributed by atoms with Gasteiger partial charge in [0.05, 0.1) is 16.9 Å². The van der Waals surface area contributed by atoms with Crippen molar-refractivity contribution in [2.75, 3.05) is 0 Å². The number of aromatic nitrogens is 1.